The Morgan fingerprint density at radius 2 is 2.24 bits per heavy atom. The fourth-order valence-electron chi connectivity index (χ4n) is 1.75. The van der Waals surface area contributed by atoms with Crippen LogP contribution in [0.2, 0.25) is 5.02 Å². The quantitative estimate of drug-likeness (QED) is 0.927. The first-order valence-electron chi connectivity index (χ1n) is 5.32. The fourth-order valence-corrected chi connectivity index (χ4v) is 2.47. The van der Waals surface area contributed by atoms with Gasteiger partial charge in [0.25, 0.3) is 0 Å². The molecule has 2 heterocycles. The van der Waals surface area contributed by atoms with Crippen molar-refractivity contribution < 1.29 is 0 Å². The van der Waals surface area contributed by atoms with Gasteiger partial charge < -0.3 is 5.32 Å². The van der Waals surface area contributed by atoms with Crippen LogP contribution in [0.3, 0.4) is 0 Å². The number of nitrogens with zero attached hydrogens (tertiary/aromatic N) is 4. The number of hydrogen-bond acceptors (Lipinski definition) is 5. The third kappa shape index (κ3) is 2.34. The second-order valence-electron chi connectivity index (χ2n) is 3.97. The van der Waals surface area contributed by atoms with Crippen LogP contribution in [0.15, 0.2) is 11.6 Å². The first kappa shape index (κ1) is 12.5. The van der Waals surface area contributed by atoms with Crippen molar-refractivity contribution in [2.45, 2.75) is 25.9 Å². The van der Waals surface area contributed by atoms with Gasteiger partial charge in [0, 0.05) is 11.4 Å². The molecule has 2 aromatic heterocycles. The second kappa shape index (κ2) is 5.12. The van der Waals surface area contributed by atoms with Gasteiger partial charge in [-0.3, -0.25) is 4.68 Å². The molecule has 1 N–H and O–H groups in total. The van der Waals surface area contributed by atoms with E-state index in [1.165, 1.54) is 11.5 Å². The van der Waals surface area contributed by atoms with E-state index in [9.17, 15) is 0 Å². The van der Waals surface area contributed by atoms with Crippen LogP contribution in [-0.4, -0.2) is 26.4 Å². The van der Waals surface area contributed by atoms with E-state index < -0.39 is 0 Å². The van der Waals surface area contributed by atoms with E-state index in [0.29, 0.717) is 5.02 Å². The Labute approximate surface area is 109 Å². The maximum Gasteiger partial charge on any atom is 0.0986 e. The average Bonchev–Trinajstić information content (AvgIpc) is 2.91. The van der Waals surface area contributed by atoms with Crippen molar-refractivity contribution in [3.05, 3.63) is 28.0 Å². The number of hydrogen-bond donors (Lipinski definition) is 1. The monoisotopic (exact) mass is 271 g/mol. The predicted molar refractivity (Wildman–Crippen MR) is 68.4 cm³/mol. The molecule has 17 heavy (non-hydrogen) atoms. The van der Waals surface area contributed by atoms with Gasteiger partial charge in [-0.15, -0.1) is 5.10 Å². The van der Waals surface area contributed by atoms with Gasteiger partial charge in [0.2, 0.25) is 0 Å². The number of nitrogens with one attached hydrogen (secondary N) is 1. The van der Waals surface area contributed by atoms with Gasteiger partial charge in [-0.25, -0.2) is 0 Å². The van der Waals surface area contributed by atoms with E-state index in [4.69, 9.17) is 11.6 Å². The minimum atomic E-state index is -0.0776. The van der Waals surface area contributed by atoms with E-state index in [-0.39, 0.29) is 12.1 Å². The molecular weight excluding hydrogens is 258 g/mol. The van der Waals surface area contributed by atoms with Crippen LogP contribution < -0.4 is 5.32 Å². The molecule has 0 radical (unpaired) electrons. The van der Waals surface area contributed by atoms with Gasteiger partial charge in [0.05, 0.1) is 28.6 Å². The van der Waals surface area contributed by atoms with Gasteiger partial charge in [0.1, 0.15) is 0 Å². The van der Waals surface area contributed by atoms with Crippen molar-refractivity contribution in [2.24, 2.45) is 0 Å². The van der Waals surface area contributed by atoms with Gasteiger partial charge in [-0.1, -0.05) is 16.1 Å². The minimum absolute atomic E-state index is 0.0776. The van der Waals surface area contributed by atoms with Crippen molar-refractivity contribution in [3.8, 4) is 0 Å². The minimum Gasteiger partial charge on any atom is -0.307 e. The Kier molecular flexibility index (Phi) is 3.76. The standard InChI is InChI=1S/C10H14ClN5S/c1-6(2)16-10(7(11)4-13-16)9(12-3)8-5-17-15-14-8/h4-6,9,12H,1-3H3. The number of halogens is 1. The molecule has 0 aromatic carbocycles. The third-order valence-corrected chi connectivity index (χ3v) is 3.32. The molecule has 0 saturated heterocycles. The summed E-state index contributed by atoms with van der Waals surface area (Å²) in [5.74, 6) is 0. The van der Waals surface area contributed by atoms with Crippen molar-refractivity contribution >= 4 is 23.1 Å². The molecule has 7 heteroatoms. The van der Waals surface area contributed by atoms with Crippen LogP contribution in [0.4, 0.5) is 0 Å². The van der Waals surface area contributed by atoms with Crippen LogP contribution in [0.25, 0.3) is 0 Å². The molecular formula is C10H14ClN5S. The third-order valence-electron chi connectivity index (χ3n) is 2.51. The van der Waals surface area contributed by atoms with Gasteiger partial charge in [-0.2, -0.15) is 5.10 Å². The molecule has 92 valence electrons. The summed E-state index contributed by atoms with van der Waals surface area (Å²) in [4.78, 5) is 0. The number of aromatic nitrogens is 4. The zero-order valence-corrected chi connectivity index (χ0v) is 11.5. The van der Waals surface area contributed by atoms with Crippen molar-refractivity contribution in [2.75, 3.05) is 7.05 Å². The largest absolute Gasteiger partial charge is 0.307 e. The van der Waals surface area contributed by atoms with E-state index >= 15 is 0 Å². The molecule has 0 bridgehead atoms. The molecule has 1 atom stereocenters. The summed E-state index contributed by atoms with van der Waals surface area (Å²) in [6.07, 6.45) is 1.67. The highest BCUT2D eigenvalue weighted by molar-refractivity contribution is 7.03. The van der Waals surface area contributed by atoms with Crippen LogP contribution in [0, 0.1) is 0 Å². The molecule has 2 aromatic rings. The highest BCUT2D eigenvalue weighted by Gasteiger charge is 2.23. The van der Waals surface area contributed by atoms with Crippen LogP contribution in [0.1, 0.15) is 37.3 Å². The fraction of sp³-hybridized carbons (Fsp3) is 0.500. The topological polar surface area (TPSA) is 55.6 Å². The Morgan fingerprint density at radius 1 is 1.47 bits per heavy atom. The van der Waals surface area contributed by atoms with E-state index in [0.717, 1.165) is 11.4 Å². The van der Waals surface area contributed by atoms with Crippen LogP contribution in [0.5, 0.6) is 0 Å². The molecule has 0 fully saturated rings. The van der Waals surface area contributed by atoms with E-state index in [2.05, 4.69) is 33.8 Å². The summed E-state index contributed by atoms with van der Waals surface area (Å²) >= 11 is 7.54. The highest BCUT2D eigenvalue weighted by atomic mass is 35.5. The summed E-state index contributed by atoms with van der Waals surface area (Å²) in [7, 11) is 1.87. The predicted octanol–water partition coefficient (Wildman–Crippen LogP) is 2.28. The molecule has 0 amide bonds. The Hall–Kier alpha value is -0.980. The van der Waals surface area contributed by atoms with E-state index in [1.54, 1.807) is 6.20 Å². The molecule has 2 rings (SSSR count). The molecule has 1 unspecified atom stereocenters. The van der Waals surface area contributed by atoms with Crippen molar-refractivity contribution in [1.29, 1.82) is 0 Å². The zero-order valence-electron chi connectivity index (χ0n) is 9.88. The molecule has 0 aliphatic rings. The molecule has 0 aliphatic heterocycles. The Bertz CT molecular complexity index is 479. The Morgan fingerprint density at radius 3 is 2.76 bits per heavy atom. The lowest BCUT2D eigenvalue weighted by Gasteiger charge is -2.18. The molecule has 5 nitrogen and oxygen atoms in total. The Balaban J connectivity index is 2.47. The molecule has 0 aliphatic carbocycles. The molecule has 0 spiro atoms. The van der Waals surface area contributed by atoms with Gasteiger partial charge in [-0.05, 0) is 32.4 Å². The molecule has 0 saturated carbocycles. The maximum absolute atomic E-state index is 6.21. The maximum atomic E-state index is 6.21. The first-order chi connectivity index (χ1) is 8.15. The number of rotatable bonds is 4. The first-order valence-corrected chi connectivity index (χ1v) is 6.53. The van der Waals surface area contributed by atoms with Crippen LogP contribution >= 0.6 is 23.1 Å². The van der Waals surface area contributed by atoms with E-state index in [1.807, 2.05) is 17.1 Å². The van der Waals surface area contributed by atoms with Crippen molar-refractivity contribution in [1.82, 2.24) is 24.7 Å². The lowest BCUT2D eigenvalue weighted by molar-refractivity contribution is 0.481. The van der Waals surface area contributed by atoms with Gasteiger partial charge >= 0.3 is 0 Å². The lowest BCUT2D eigenvalue weighted by atomic mass is 10.1. The summed E-state index contributed by atoms with van der Waals surface area (Å²) in [5, 5.41) is 14.1. The van der Waals surface area contributed by atoms with Crippen LogP contribution in [-0.2, 0) is 0 Å². The summed E-state index contributed by atoms with van der Waals surface area (Å²) in [6, 6.07) is 0.172. The SMILES string of the molecule is CNC(c1csnn1)c1c(Cl)cnn1C(C)C. The summed E-state index contributed by atoms with van der Waals surface area (Å²) < 4.78 is 5.79. The lowest BCUT2D eigenvalue weighted by Crippen LogP contribution is -2.23. The average molecular weight is 272 g/mol. The summed E-state index contributed by atoms with van der Waals surface area (Å²) in [5.41, 5.74) is 1.79. The van der Waals surface area contributed by atoms with Gasteiger partial charge in [0.15, 0.2) is 0 Å². The summed E-state index contributed by atoms with van der Waals surface area (Å²) in [6.45, 7) is 4.14. The normalized spacial score (nSPS) is 13.2. The van der Waals surface area contributed by atoms with Crippen molar-refractivity contribution in [3.63, 3.8) is 0 Å². The second-order valence-corrected chi connectivity index (χ2v) is 4.98. The zero-order chi connectivity index (χ0) is 12.4. The highest BCUT2D eigenvalue weighted by Crippen LogP contribution is 2.29. The smallest absolute Gasteiger partial charge is 0.0986 e.